The van der Waals surface area contributed by atoms with Crippen molar-refractivity contribution < 1.29 is 22.7 Å². The van der Waals surface area contributed by atoms with Gasteiger partial charge < -0.3 is 15.0 Å². The van der Waals surface area contributed by atoms with Crippen molar-refractivity contribution in [2.45, 2.75) is 53.1 Å². The summed E-state index contributed by atoms with van der Waals surface area (Å²) in [6.45, 7) is 7.76. The molecule has 35 heavy (non-hydrogen) atoms. The van der Waals surface area contributed by atoms with Gasteiger partial charge in [-0.1, -0.05) is 38.1 Å². The summed E-state index contributed by atoms with van der Waals surface area (Å²) >= 11 is 0. The van der Waals surface area contributed by atoms with Crippen molar-refractivity contribution in [2.75, 3.05) is 30.8 Å². The van der Waals surface area contributed by atoms with Crippen LogP contribution in [0.2, 0.25) is 0 Å². The van der Waals surface area contributed by atoms with Gasteiger partial charge in [-0.2, -0.15) is 0 Å². The van der Waals surface area contributed by atoms with Crippen LogP contribution in [-0.2, 0) is 26.2 Å². The first kappa shape index (κ1) is 28.2. The molecule has 0 saturated carbocycles. The van der Waals surface area contributed by atoms with Gasteiger partial charge >= 0.3 is 0 Å². The van der Waals surface area contributed by atoms with Gasteiger partial charge in [-0.25, -0.2) is 8.42 Å². The van der Waals surface area contributed by atoms with E-state index in [1.807, 2.05) is 45.9 Å². The first-order valence-electron chi connectivity index (χ1n) is 11.8. The molecule has 0 saturated heterocycles. The molecule has 1 atom stereocenters. The fraction of sp³-hybridized carbons (Fsp3) is 0.462. The molecule has 1 unspecified atom stereocenters. The second kappa shape index (κ2) is 12.6. The number of nitrogens with one attached hydrogen (secondary N) is 1. The molecule has 0 spiro atoms. The summed E-state index contributed by atoms with van der Waals surface area (Å²) < 4.78 is 31.9. The Hall–Kier alpha value is -3.07. The molecule has 2 aromatic carbocycles. The third-order valence-corrected chi connectivity index (χ3v) is 7.10. The molecule has 0 aromatic heterocycles. The van der Waals surface area contributed by atoms with E-state index in [4.69, 9.17) is 4.74 Å². The number of amides is 2. The molecule has 8 nitrogen and oxygen atoms in total. The number of aryl methyl sites for hydroxylation is 1. The smallest absolute Gasteiger partial charge is 0.244 e. The number of carbonyl (C=O) groups is 2. The molecule has 0 radical (unpaired) electrons. The maximum absolute atomic E-state index is 13.7. The van der Waals surface area contributed by atoms with Crippen LogP contribution in [0.4, 0.5) is 5.69 Å². The molecule has 0 heterocycles. The fourth-order valence-corrected chi connectivity index (χ4v) is 4.71. The Morgan fingerprint density at radius 2 is 1.71 bits per heavy atom. The summed E-state index contributed by atoms with van der Waals surface area (Å²) in [6.07, 6.45) is 2.24. The lowest BCUT2D eigenvalue weighted by Gasteiger charge is -2.33. The highest BCUT2D eigenvalue weighted by Crippen LogP contribution is 2.26. The zero-order chi connectivity index (χ0) is 26.2. The van der Waals surface area contributed by atoms with E-state index in [1.165, 1.54) is 4.90 Å². The average Bonchev–Trinajstić information content (AvgIpc) is 2.82. The molecule has 2 aromatic rings. The van der Waals surface area contributed by atoms with Crippen LogP contribution < -0.4 is 14.4 Å². The number of nitrogens with zero attached hydrogens (tertiary/aromatic N) is 2. The van der Waals surface area contributed by atoms with Crippen LogP contribution in [0.25, 0.3) is 0 Å². The van der Waals surface area contributed by atoms with Crippen molar-refractivity contribution >= 4 is 27.5 Å². The lowest BCUT2D eigenvalue weighted by Crippen LogP contribution is -2.52. The molecule has 0 bridgehead atoms. The molecule has 2 amide bonds. The third-order valence-electron chi connectivity index (χ3n) is 5.97. The predicted molar refractivity (Wildman–Crippen MR) is 139 cm³/mol. The normalized spacial score (nSPS) is 12.1. The first-order chi connectivity index (χ1) is 16.5. The summed E-state index contributed by atoms with van der Waals surface area (Å²) in [5, 5.41) is 2.87. The van der Waals surface area contributed by atoms with Gasteiger partial charge in [0, 0.05) is 13.1 Å². The van der Waals surface area contributed by atoms with Crippen LogP contribution in [0.3, 0.4) is 0 Å². The summed E-state index contributed by atoms with van der Waals surface area (Å²) in [5.41, 5.74) is 2.96. The molecule has 192 valence electrons. The zero-order valence-electron chi connectivity index (χ0n) is 21.5. The molecular formula is C26H37N3O5S. The van der Waals surface area contributed by atoms with Gasteiger partial charge in [-0.3, -0.25) is 13.9 Å². The van der Waals surface area contributed by atoms with E-state index in [9.17, 15) is 18.0 Å². The summed E-state index contributed by atoms with van der Waals surface area (Å²) in [5.74, 6) is -0.0305. The largest absolute Gasteiger partial charge is 0.497 e. The van der Waals surface area contributed by atoms with Crippen molar-refractivity contribution in [3.63, 3.8) is 0 Å². The lowest BCUT2D eigenvalue weighted by atomic mass is 10.1. The number of methoxy groups -OCH3 is 1. The molecule has 0 aliphatic rings. The maximum atomic E-state index is 13.7. The van der Waals surface area contributed by atoms with E-state index >= 15 is 0 Å². The average molecular weight is 504 g/mol. The maximum Gasteiger partial charge on any atom is 0.244 e. The molecule has 0 fully saturated rings. The Labute approximate surface area is 209 Å². The van der Waals surface area contributed by atoms with E-state index in [2.05, 4.69) is 5.32 Å². The number of ether oxygens (including phenoxy) is 1. The second-order valence-electron chi connectivity index (χ2n) is 8.57. The minimum Gasteiger partial charge on any atom is -0.497 e. The Balaban J connectivity index is 2.46. The minimum absolute atomic E-state index is 0.158. The molecule has 0 aliphatic heterocycles. The van der Waals surface area contributed by atoms with Crippen molar-refractivity contribution in [2.24, 2.45) is 0 Å². The quantitative estimate of drug-likeness (QED) is 0.479. The van der Waals surface area contributed by atoms with Crippen LogP contribution in [0, 0.1) is 13.8 Å². The van der Waals surface area contributed by atoms with E-state index in [0.29, 0.717) is 24.4 Å². The third kappa shape index (κ3) is 7.45. The van der Waals surface area contributed by atoms with Crippen LogP contribution in [0.1, 0.15) is 43.4 Å². The lowest BCUT2D eigenvalue weighted by molar-refractivity contribution is -0.140. The fourth-order valence-electron chi connectivity index (χ4n) is 3.81. The Kier molecular flexibility index (Phi) is 10.1. The number of benzene rings is 2. The van der Waals surface area contributed by atoms with Gasteiger partial charge in [0.25, 0.3) is 0 Å². The van der Waals surface area contributed by atoms with Gasteiger partial charge in [0.1, 0.15) is 18.3 Å². The number of anilines is 1. The van der Waals surface area contributed by atoms with Crippen LogP contribution in [-0.4, -0.2) is 57.6 Å². The van der Waals surface area contributed by atoms with Crippen molar-refractivity contribution in [3.05, 3.63) is 59.2 Å². The van der Waals surface area contributed by atoms with E-state index in [1.54, 1.807) is 31.4 Å². The summed E-state index contributed by atoms with van der Waals surface area (Å²) in [7, 11) is -2.19. The topological polar surface area (TPSA) is 96.0 Å². The highest BCUT2D eigenvalue weighted by atomic mass is 32.2. The molecule has 1 N–H and O–H groups in total. The van der Waals surface area contributed by atoms with E-state index < -0.39 is 28.5 Å². The highest BCUT2D eigenvalue weighted by molar-refractivity contribution is 7.92. The van der Waals surface area contributed by atoms with Gasteiger partial charge in [0.2, 0.25) is 21.8 Å². The van der Waals surface area contributed by atoms with Crippen molar-refractivity contribution in [1.82, 2.24) is 10.2 Å². The molecule has 0 aliphatic carbocycles. The van der Waals surface area contributed by atoms with Gasteiger partial charge in [-0.05, 0) is 61.6 Å². The number of rotatable bonds is 12. The van der Waals surface area contributed by atoms with Gasteiger partial charge in [-0.15, -0.1) is 0 Å². The first-order valence-corrected chi connectivity index (χ1v) is 13.6. The molecule has 2 rings (SSSR count). The zero-order valence-corrected chi connectivity index (χ0v) is 22.3. The second-order valence-corrected chi connectivity index (χ2v) is 10.5. The van der Waals surface area contributed by atoms with E-state index in [0.717, 1.165) is 33.7 Å². The Morgan fingerprint density at radius 1 is 1.06 bits per heavy atom. The summed E-state index contributed by atoms with van der Waals surface area (Å²) in [4.78, 5) is 28.1. The number of hydrogen-bond donors (Lipinski definition) is 1. The highest BCUT2D eigenvalue weighted by Gasteiger charge is 2.32. The SMILES string of the molecule is CCCNC(=O)C(CC)N(Cc1ccc(OC)cc1)C(=O)CN(c1cccc(C)c1C)S(C)(=O)=O. The van der Waals surface area contributed by atoms with Crippen molar-refractivity contribution in [1.29, 1.82) is 0 Å². The number of sulfonamides is 1. The molecule has 9 heteroatoms. The van der Waals surface area contributed by atoms with Crippen LogP contribution in [0.15, 0.2) is 42.5 Å². The monoisotopic (exact) mass is 503 g/mol. The Bertz CT molecular complexity index is 1120. The predicted octanol–water partition coefficient (Wildman–Crippen LogP) is 3.41. The molecular weight excluding hydrogens is 466 g/mol. The van der Waals surface area contributed by atoms with Crippen LogP contribution >= 0.6 is 0 Å². The summed E-state index contributed by atoms with van der Waals surface area (Å²) in [6, 6.07) is 11.8. The van der Waals surface area contributed by atoms with Gasteiger partial charge in [0.05, 0.1) is 19.1 Å². The van der Waals surface area contributed by atoms with E-state index in [-0.39, 0.29) is 12.5 Å². The van der Waals surface area contributed by atoms with Gasteiger partial charge in [0.15, 0.2) is 0 Å². The van der Waals surface area contributed by atoms with Crippen molar-refractivity contribution in [3.8, 4) is 5.75 Å². The number of hydrogen-bond acceptors (Lipinski definition) is 5. The Morgan fingerprint density at radius 3 is 2.26 bits per heavy atom. The standard InChI is InChI=1S/C26H37N3O5S/c1-7-16-27-26(31)23(8-2)28(17-21-12-14-22(34-5)15-13-21)25(30)18-29(35(6,32)33)24-11-9-10-19(3)20(24)4/h9-15,23H,7-8,16-18H2,1-6H3,(H,27,31). The van der Waals surface area contributed by atoms with Crippen LogP contribution in [0.5, 0.6) is 5.75 Å². The minimum atomic E-state index is -3.77. The number of carbonyl (C=O) groups excluding carboxylic acids is 2.